The summed E-state index contributed by atoms with van der Waals surface area (Å²) in [6.07, 6.45) is 1.28. The van der Waals surface area contributed by atoms with E-state index in [0.717, 1.165) is 22.6 Å². The Morgan fingerprint density at radius 2 is 1.76 bits per heavy atom. The maximum Gasteiger partial charge on any atom is 0.239 e. The van der Waals surface area contributed by atoms with Gasteiger partial charge in [0.15, 0.2) is 0 Å². The number of hydrogen-bond acceptors (Lipinski definition) is 4. The van der Waals surface area contributed by atoms with Crippen molar-refractivity contribution < 1.29 is 14.3 Å². The molecule has 156 valence electrons. The van der Waals surface area contributed by atoms with E-state index in [1.807, 2.05) is 62.4 Å². The van der Waals surface area contributed by atoms with Crippen molar-refractivity contribution in [2.24, 2.45) is 0 Å². The van der Waals surface area contributed by atoms with Crippen LogP contribution in [0.4, 0.5) is 5.69 Å². The molecule has 0 radical (unpaired) electrons. The minimum atomic E-state index is -0.0827. The van der Waals surface area contributed by atoms with Crippen molar-refractivity contribution in [2.45, 2.75) is 39.3 Å². The van der Waals surface area contributed by atoms with E-state index in [-0.39, 0.29) is 24.5 Å². The Kier molecular flexibility index (Phi) is 8.52. The highest BCUT2D eigenvalue weighted by atomic mass is 16.5. The van der Waals surface area contributed by atoms with Crippen molar-refractivity contribution >= 4 is 17.5 Å². The zero-order chi connectivity index (χ0) is 21.2. The molecule has 0 aliphatic carbocycles. The van der Waals surface area contributed by atoms with Gasteiger partial charge in [0, 0.05) is 32.7 Å². The largest absolute Gasteiger partial charge is 0.491 e. The zero-order valence-electron chi connectivity index (χ0n) is 17.7. The second-order valence-corrected chi connectivity index (χ2v) is 7.43. The predicted octanol–water partition coefficient (Wildman–Crippen LogP) is 3.22. The fraction of sp³-hybridized carbons (Fsp3) is 0.391. The zero-order valence-corrected chi connectivity index (χ0v) is 17.7. The van der Waals surface area contributed by atoms with Gasteiger partial charge in [-0.2, -0.15) is 0 Å². The van der Waals surface area contributed by atoms with Crippen LogP contribution in [-0.4, -0.2) is 43.5 Å². The highest BCUT2D eigenvalue weighted by molar-refractivity contribution is 5.80. The summed E-state index contributed by atoms with van der Waals surface area (Å²) in [7, 11) is 3.51. The van der Waals surface area contributed by atoms with Gasteiger partial charge < -0.3 is 20.3 Å². The Bertz CT molecular complexity index is 801. The molecule has 0 heterocycles. The Labute approximate surface area is 173 Å². The minimum absolute atomic E-state index is 0.0827. The number of nitrogens with one attached hydrogen (secondary N) is 2. The van der Waals surface area contributed by atoms with E-state index in [1.54, 1.807) is 19.0 Å². The third-order valence-corrected chi connectivity index (χ3v) is 4.29. The third-order valence-electron chi connectivity index (χ3n) is 4.29. The third kappa shape index (κ3) is 8.25. The summed E-state index contributed by atoms with van der Waals surface area (Å²) in [6, 6.07) is 15.5. The first-order valence-electron chi connectivity index (χ1n) is 9.88. The van der Waals surface area contributed by atoms with Crippen molar-refractivity contribution in [3.8, 4) is 5.75 Å². The summed E-state index contributed by atoms with van der Waals surface area (Å²) in [4.78, 5) is 25.4. The number of nitrogens with zero attached hydrogens (tertiary/aromatic N) is 1. The molecule has 0 atom stereocenters. The van der Waals surface area contributed by atoms with E-state index in [4.69, 9.17) is 4.74 Å². The maximum absolute atomic E-state index is 12.1. The Hall–Kier alpha value is -3.02. The molecule has 0 spiro atoms. The Morgan fingerprint density at radius 3 is 2.41 bits per heavy atom. The second-order valence-electron chi connectivity index (χ2n) is 7.43. The molecule has 0 saturated carbocycles. The number of amides is 2. The first kappa shape index (κ1) is 22.3. The smallest absolute Gasteiger partial charge is 0.239 e. The van der Waals surface area contributed by atoms with Crippen molar-refractivity contribution in [3.05, 3.63) is 59.7 Å². The van der Waals surface area contributed by atoms with Crippen LogP contribution in [0.5, 0.6) is 5.75 Å². The SMILES string of the molecule is CC(C)Oc1ccc(CNC(=O)CNc2cccc(CCC(=O)N(C)C)c2)cc1. The van der Waals surface area contributed by atoms with Gasteiger partial charge in [-0.05, 0) is 55.7 Å². The molecule has 2 rings (SSSR count). The van der Waals surface area contributed by atoms with Crippen molar-refractivity contribution in [2.75, 3.05) is 26.0 Å². The van der Waals surface area contributed by atoms with E-state index in [2.05, 4.69) is 10.6 Å². The van der Waals surface area contributed by atoms with Crippen LogP contribution in [0.15, 0.2) is 48.5 Å². The number of carbonyl (C=O) groups excluding carboxylic acids is 2. The summed E-state index contributed by atoms with van der Waals surface area (Å²) in [5, 5.41) is 6.04. The lowest BCUT2D eigenvalue weighted by Gasteiger charge is -2.12. The highest BCUT2D eigenvalue weighted by Crippen LogP contribution is 2.14. The molecule has 0 aromatic heterocycles. The van der Waals surface area contributed by atoms with Crippen LogP contribution in [0.2, 0.25) is 0 Å². The molecule has 0 aliphatic rings. The average molecular weight is 398 g/mol. The maximum atomic E-state index is 12.1. The van der Waals surface area contributed by atoms with Gasteiger partial charge in [0.2, 0.25) is 11.8 Å². The number of rotatable bonds is 10. The second kappa shape index (κ2) is 11.1. The molecule has 2 amide bonds. The monoisotopic (exact) mass is 397 g/mol. The van der Waals surface area contributed by atoms with E-state index < -0.39 is 0 Å². The van der Waals surface area contributed by atoms with Crippen molar-refractivity contribution in [1.29, 1.82) is 0 Å². The molecule has 6 nitrogen and oxygen atoms in total. The molecule has 2 aromatic carbocycles. The topological polar surface area (TPSA) is 70.7 Å². The first-order chi connectivity index (χ1) is 13.8. The molecular formula is C23H31N3O3. The molecule has 0 bridgehead atoms. The van der Waals surface area contributed by atoms with Gasteiger partial charge in [-0.1, -0.05) is 24.3 Å². The lowest BCUT2D eigenvalue weighted by Crippen LogP contribution is -2.29. The quantitative estimate of drug-likeness (QED) is 0.646. The number of aryl methyl sites for hydroxylation is 1. The Balaban J connectivity index is 1.76. The normalized spacial score (nSPS) is 10.5. The number of hydrogen-bond donors (Lipinski definition) is 2. The molecule has 29 heavy (non-hydrogen) atoms. The lowest BCUT2D eigenvalue weighted by molar-refractivity contribution is -0.128. The van der Waals surface area contributed by atoms with E-state index in [0.29, 0.717) is 19.4 Å². The van der Waals surface area contributed by atoms with Gasteiger partial charge in [0.05, 0.1) is 12.6 Å². The molecule has 6 heteroatoms. The Morgan fingerprint density at radius 1 is 1.03 bits per heavy atom. The highest BCUT2D eigenvalue weighted by Gasteiger charge is 2.06. The summed E-state index contributed by atoms with van der Waals surface area (Å²) in [6.45, 7) is 4.63. The van der Waals surface area contributed by atoms with Crippen molar-refractivity contribution in [1.82, 2.24) is 10.2 Å². The van der Waals surface area contributed by atoms with Crippen LogP contribution >= 0.6 is 0 Å². The number of ether oxygens (including phenoxy) is 1. The van der Waals surface area contributed by atoms with Gasteiger partial charge in [-0.3, -0.25) is 9.59 Å². The number of anilines is 1. The summed E-state index contributed by atoms with van der Waals surface area (Å²) < 4.78 is 5.62. The summed E-state index contributed by atoms with van der Waals surface area (Å²) >= 11 is 0. The van der Waals surface area contributed by atoms with Crippen LogP contribution in [-0.2, 0) is 22.6 Å². The average Bonchev–Trinajstić information content (AvgIpc) is 2.69. The summed E-state index contributed by atoms with van der Waals surface area (Å²) in [5.41, 5.74) is 2.95. The van der Waals surface area contributed by atoms with Gasteiger partial charge in [0.1, 0.15) is 5.75 Å². The van der Waals surface area contributed by atoms with E-state index in [1.165, 1.54) is 0 Å². The van der Waals surface area contributed by atoms with Gasteiger partial charge in [0.25, 0.3) is 0 Å². The van der Waals surface area contributed by atoms with Gasteiger partial charge >= 0.3 is 0 Å². The molecule has 2 N–H and O–H groups in total. The molecule has 0 fully saturated rings. The fourth-order valence-electron chi connectivity index (χ4n) is 2.72. The van der Waals surface area contributed by atoms with E-state index >= 15 is 0 Å². The first-order valence-corrected chi connectivity index (χ1v) is 9.88. The molecule has 0 saturated heterocycles. The minimum Gasteiger partial charge on any atom is -0.491 e. The lowest BCUT2D eigenvalue weighted by atomic mass is 10.1. The summed E-state index contributed by atoms with van der Waals surface area (Å²) in [5.74, 6) is 0.844. The van der Waals surface area contributed by atoms with Crippen molar-refractivity contribution in [3.63, 3.8) is 0 Å². The molecule has 0 aliphatic heterocycles. The molecule has 0 unspecified atom stereocenters. The fourth-order valence-corrected chi connectivity index (χ4v) is 2.72. The standard InChI is InChI=1S/C23H31N3O3/c1-17(2)29-21-11-8-19(9-12-21)15-25-22(27)16-24-20-7-5-6-18(14-20)10-13-23(28)26(3)4/h5-9,11-12,14,17,24H,10,13,15-16H2,1-4H3,(H,25,27). The van der Waals surface area contributed by atoms with Crippen LogP contribution < -0.4 is 15.4 Å². The van der Waals surface area contributed by atoms with Crippen LogP contribution in [0.3, 0.4) is 0 Å². The van der Waals surface area contributed by atoms with Crippen LogP contribution in [0.1, 0.15) is 31.4 Å². The molecular weight excluding hydrogens is 366 g/mol. The van der Waals surface area contributed by atoms with Crippen LogP contribution in [0, 0.1) is 0 Å². The van der Waals surface area contributed by atoms with E-state index in [9.17, 15) is 9.59 Å². The number of carbonyl (C=O) groups is 2. The van der Waals surface area contributed by atoms with Gasteiger partial charge in [-0.15, -0.1) is 0 Å². The molecule has 2 aromatic rings. The number of benzene rings is 2. The predicted molar refractivity (Wildman–Crippen MR) is 116 cm³/mol. The van der Waals surface area contributed by atoms with Gasteiger partial charge in [-0.25, -0.2) is 0 Å². The van der Waals surface area contributed by atoms with Crippen LogP contribution in [0.25, 0.3) is 0 Å².